The van der Waals surface area contributed by atoms with Gasteiger partial charge in [-0.25, -0.2) is 4.79 Å². The van der Waals surface area contributed by atoms with Crippen LogP contribution >= 0.6 is 0 Å². The minimum absolute atomic E-state index is 0.0204. The first-order chi connectivity index (χ1) is 18.1. The molecule has 5 nitrogen and oxygen atoms in total. The molecule has 2 aromatic carbocycles. The van der Waals surface area contributed by atoms with Gasteiger partial charge in [-0.15, -0.1) is 0 Å². The van der Waals surface area contributed by atoms with Crippen LogP contribution in [0.4, 0.5) is 0 Å². The van der Waals surface area contributed by atoms with E-state index in [0.29, 0.717) is 23.7 Å². The van der Waals surface area contributed by atoms with E-state index in [4.69, 9.17) is 14.2 Å². The van der Waals surface area contributed by atoms with Gasteiger partial charge in [0.1, 0.15) is 17.2 Å². The highest BCUT2D eigenvalue weighted by Crippen LogP contribution is 2.33. The van der Waals surface area contributed by atoms with Crippen LogP contribution in [0.25, 0.3) is 0 Å². The quantitative estimate of drug-likeness (QED) is 0.137. The monoisotopic (exact) mass is 508 g/mol. The maximum Gasteiger partial charge on any atom is 0.343 e. The zero-order valence-electron chi connectivity index (χ0n) is 22.7. The lowest BCUT2D eigenvalue weighted by Crippen LogP contribution is -2.25. The molecular formula is C32H44O5. The number of benzene rings is 2. The number of unbranched alkanes of at least 4 members (excludes halogenated alkanes) is 6. The Kier molecular flexibility index (Phi) is 12.5. The van der Waals surface area contributed by atoms with Gasteiger partial charge in [0.2, 0.25) is 0 Å². The zero-order chi connectivity index (χ0) is 26.3. The molecule has 3 rings (SSSR count). The van der Waals surface area contributed by atoms with E-state index in [0.717, 1.165) is 43.8 Å². The minimum atomic E-state index is -0.438. The number of carbonyl (C=O) groups is 2. The maximum atomic E-state index is 12.6. The summed E-state index contributed by atoms with van der Waals surface area (Å²) < 4.78 is 16.9. The Hall–Kier alpha value is -2.82. The minimum Gasteiger partial charge on any atom is -0.494 e. The second kappa shape index (κ2) is 16.1. The predicted octanol–water partition coefficient (Wildman–Crippen LogP) is 8.55. The first-order valence-corrected chi connectivity index (χ1v) is 14.4. The van der Waals surface area contributed by atoms with Gasteiger partial charge in [0.25, 0.3) is 0 Å². The molecule has 0 unspecified atom stereocenters. The summed E-state index contributed by atoms with van der Waals surface area (Å²) in [5.74, 6) is 1.78. The van der Waals surface area contributed by atoms with Crippen LogP contribution in [0.3, 0.4) is 0 Å². The average Bonchev–Trinajstić information content (AvgIpc) is 2.92. The molecule has 0 radical (unpaired) electrons. The van der Waals surface area contributed by atoms with Crippen LogP contribution in [0.1, 0.15) is 108 Å². The van der Waals surface area contributed by atoms with Gasteiger partial charge >= 0.3 is 11.9 Å². The molecule has 0 N–H and O–H groups in total. The van der Waals surface area contributed by atoms with Gasteiger partial charge in [-0.3, -0.25) is 4.79 Å². The summed E-state index contributed by atoms with van der Waals surface area (Å²) in [5.41, 5.74) is 0.455. The standard InChI is InChI=1S/C32H44O5/c1-3-5-7-8-10-24-35-28-18-16-27(17-19-28)32(34)37-30-22-20-29(21-23-30)36-31(33)26-14-12-25(13-15-26)11-9-6-4-2/h16-23,25-26H,3-15,24H2,1-2H3. The average molecular weight is 509 g/mol. The molecule has 202 valence electrons. The van der Waals surface area contributed by atoms with E-state index in [1.807, 2.05) is 0 Å². The van der Waals surface area contributed by atoms with Crippen molar-refractivity contribution in [3.8, 4) is 17.2 Å². The van der Waals surface area contributed by atoms with Gasteiger partial charge < -0.3 is 14.2 Å². The molecule has 5 heteroatoms. The lowest BCUT2D eigenvalue weighted by Gasteiger charge is -2.27. The Bertz CT molecular complexity index is 927. The third-order valence-corrected chi connectivity index (χ3v) is 7.26. The van der Waals surface area contributed by atoms with Crippen molar-refractivity contribution in [2.75, 3.05) is 6.61 Å². The molecule has 0 bridgehead atoms. The van der Waals surface area contributed by atoms with Gasteiger partial charge in [-0.2, -0.15) is 0 Å². The Balaban J connectivity index is 1.38. The number of carbonyl (C=O) groups excluding carboxylic acids is 2. The van der Waals surface area contributed by atoms with Crippen LogP contribution in [0.5, 0.6) is 17.2 Å². The van der Waals surface area contributed by atoms with Crippen LogP contribution in [-0.4, -0.2) is 18.5 Å². The first kappa shape index (κ1) is 28.7. The highest BCUT2D eigenvalue weighted by molar-refractivity contribution is 5.91. The Morgan fingerprint density at radius 3 is 1.89 bits per heavy atom. The highest BCUT2D eigenvalue weighted by atomic mass is 16.5. The molecule has 1 saturated carbocycles. The molecule has 1 fully saturated rings. The largest absolute Gasteiger partial charge is 0.494 e. The summed E-state index contributed by atoms with van der Waals surface area (Å²) in [6, 6.07) is 13.7. The van der Waals surface area contributed by atoms with Crippen molar-refractivity contribution in [2.45, 2.75) is 97.3 Å². The third-order valence-electron chi connectivity index (χ3n) is 7.26. The van der Waals surface area contributed by atoms with Crippen molar-refractivity contribution in [1.29, 1.82) is 0 Å². The van der Waals surface area contributed by atoms with E-state index < -0.39 is 5.97 Å². The van der Waals surface area contributed by atoms with Gasteiger partial charge in [-0.1, -0.05) is 65.2 Å². The summed E-state index contributed by atoms with van der Waals surface area (Å²) in [6.07, 6.45) is 15.1. The predicted molar refractivity (Wildman–Crippen MR) is 147 cm³/mol. The summed E-state index contributed by atoms with van der Waals surface area (Å²) in [7, 11) is 0. The van der Waals surface area contributed by atoms with E-state index in [-0.39, 0.29) is 11.9 Å². The summed E-state index contributed by atoms with van der Waals surface area (Å²) >= 11 is 0. The maximum absolute atomic E-state index is 12.6. The van der Waals surface area contributed by atoms with Crippen molar-refractivity contribution < 1.29 is 23.8 Å². The van der Waals surface area contributed by atoms with Crippen LogP contribution in [0, 0.1) is 11.8 Å². The smallest absolute Gasteiger partial charge is 0.343 e. The van der Waals surface area contributed by atoms with Crippen molar-refractivity contribution in [3.63, 3.8) is 0 Å². The fourth-order valence-electron chi connectivity index (χ4n) is 4.89. The van der Waals surface area contributed by atoms with Crippen molar-refractivity contribution >= 4 is 11.9 Å². The van der Waals surface area contributed by atoms with Crippen LogP contribution < -0.4 is 14.2 Å². The second-order valence-corrected chi connectivity index (χ2v) is 10.3. The fourth-order valence-corrected chi connectivity index (χ4v) is 4.89. The number of ether oxygens (including phenoxy) is 3. The fraction of sp³-hybridized carbons (Fsp3) is 0.562. The van der Waals surface area contributed by atoms with Crippen molar-refractivity contribution in [3.05, 3.63) is 54.1 Å². The number of rotatable bonds is 15. The Morgan fingerprint density at radius 1 is 0.676 bits per heavy atom. The summed E-state index contributed by atoms with van der Waals surface area (Å²) in [6.45, 7) is 5.12. The molecule has 1 aliphatic carbocycles. The highest BCUT2D eigenvalue weighted by Gasteiger charge is 2.27. The van der Waals surface area contributed by atoms with E-state index in [1.54, 1.807) is 48.5 Å². The molecule has 1 aliphatic rings. The molecule has 2 aromatic rings. The van der Waals surface area contributed by atoms with Crippen LogP contribution in [0.2, 0.25) is 0 Å². The van der Waals surface area contributed by atoms with Gasteiger partial charge in [0.15, 0.2) is 0 Å². The SMILES string of the molecule is CCCCCCCOc1ccc(C(=O)Oc2ccc(OC(=O)C3CCC(CCCCC)CC3)cc2)cc1. The van der Waals surface area contributed by atoms with Crippen molar-refractivity contribution in [1.82, 2.24) is 0 Å². The summed E-state index contributed by atoms with van der Waals surface area (Å²) in [5, 5.41) is 0. The molecule has 0 atom stereocenters. The number of hydrogen-bond acceptors (Lipinski definition) is 5. The molecule has 0 saturated heterocycles. The molecular weight excluding hydrogens is 464 g/mol. The number of hydrogen-bond donors (Lipinski definition) is 0. The van der Waals surface area contributed by atoms with Gasteiger partial charge in [-0.05, 0) is 86.6 Å². The van der Waals surface area contributed by atoms with Gasteiger partial charge in [0, 0.05) is 0 Å². The molecule has 0 amide bonds. The lowest BCUT2D eigenvalue weighted by atomic mass is 9.80. The van der Waals surface area contributed by atoms with Crippen molar-refractivity contribution in [2.24, 2.45) is 11.8 Å². The zero-order valence-corrected chi connectivity index (χ0v) is 22.7. The van der Waals surface area contributed by atoms with Crippen LogP contribution in [-0.2, 0) is 4.79 Å². The second-order valence-electron chi connectivity index (χ2n) is 10.3. The molecule has 0 aromatic heterocycles. The normalized spacial score (nSPS) is 17.2. The van der Waals surface area contributed by atoms with Crippen LogP contribution in [0.15, 0.2) is 48.5 Å². The first-order valence-electron chi connectivity index (χ1n) is 14.4. The molecule has 0 aliphatic heterocycles. The summed E-state index contributed by atoms with van der Waals surface area (Å²) in [4.78, 5) is 25.1. The van der Waals surface area contributed by atoms with E-state index >= 15 is 0 Å². The Morgan fingerprint density at radius 2 is 1.24 bits per heavy atom. The van der Waals surface area contributed by atoms with E-state index in [2.05, 4.69) is 13.8 Å². The van der Waals surface area contributed by atoms with Gasteiger partial charge in [0.05, 0.1) is 18.1 Å². The topological polar surface area (TPSA) is 61.8 Å². The number of esters is 2. The Labute approximate surface area is 222 Å². The molecule has 0 spiro atoms. The van der Waals surface area contributed by atoms with E-state index in [1.165, 1.54) is 51.4 Å². The molecule has 37 heavy (non-hydrogen) atoms. The third kappa shape index (κ3) is 10.2. The lowest BCUT2D eigenvalue weighted by molar-refractivity contribution is -0.140. The van der Waals surface area contributed by atoms with E-state index in [9.17, 15) is 9.59 Å². The molecule has 0 heterocycles.